The first kappa shape index (κ1) is 21.4. The lowest BCUT2D eigenvalue weighted by Gasteiger charge is -2.24. The Hall–Kier alpha value is -2.29. The summed E-state index contributed by atoms with van der Waals surface area (Å²) < 4.78 is 0. The first-order valence-electron chi connectivity index (χ1n) is 11.5. The van der Waals surface area contributed by atoms with Crippen LogP contribution in [-0.2, 0) is 0 Å². The second-order valence-corrected chi connectivity index (χ2v) is 8.33. The number of carbonyl (C=O) groups is 1. The fraction of sp³-hybridized carbons (Fsp3) is 0.500. The zero-order chi connectivity index (χ0) is 20.2. The van der Waals surface area contributed by atoms with E-state index in [1.807, 2.05) is 36.4 Å². The summed E-state index contributed by atoms with van der Waals surface area (Å²) in [6.45, 7) is 0. The highest BCUT2D eigenvalue weighted by Crippen LogP contribution is 2.22. The molecule has 0 radical (unpaired) electrons. The lowest BCUT2D eigenvalue weighted by molar-refractivity contribution is 0.232. The van der Waals surface area contributed by atoms with Gasteiger partial charge in [0.15, 0.2) is 0 Å². The van der Waals surface area contributed by atoms with Crippen LogP contribution in [0.2, 0.25) is 0 Å². The van der Waals surface area contributed by atoms with Gasteiger partial charge < -0.3 is 10.6 Å². The fourth-order valence-corrected chi connectivity index (χ4v) is 4.32. The molecular weight excluding hydrogens is 356 g/mol. The van der Waals surface area contributed by atoms with Crippen molar-refractivity contribution in [2.75, 3.05) is 0 Å². The molecule has 1 aliphatic rings. The van der Waals surface area contributed by atoms with Crippen LogP contribution in [0.15, 0.2) is 60.7 Å². The molecule has 0 aliphatic heterocycles. The van der Waals surface area contributed by atoms with Crippen molar-refractivity contribution in [2.45, 2.75) is 82.7 Å². The van der Waals surface area contributed by atoms with E-state index in [0.717, 1.165) is 24.0 Å². The first-order valence-corrected chi connectivity index (χ1v) is 11.5. The maximum atomic E-state index is 12.9. The summed E-state index contributed by atoms with van der Waals surface area (Å²) in [4.78, 5) is 12.9. The Bertz CT molecular complexity index is 650. The van der Waals surface area contributed by atoms with Crippen LogP contribution in [-0.4, -0.2) is 12.1 Å². The van der Waals surface area contributed by atoms with Gasteiger partial charge in [0.25, 0.3) is 0 Å². The monoisotopic (exact) mass is 392 g/mol. The lowest BCUT2D eigenvalue weighted by Crippen LogP contribution is -2.43. The van der Waals surface area contributed by atoms with Crippen molar-refractivity contribution in [1.82, 2.24) is 10.6 Å². The van der Waals surface area contributed by atoms with E-state index in [2.05, 4.69) is 34.9 Å². The molecule has 0 atom stereocenters. The van der Waals surface area contributed by atoms with Crippen molar-refractivity contribution in [3.8, 4) is 0 Å². The van der Waals surface area contributed by atoms with Gasteiger partial charge in [-0.05, 0) is 24.0 Å². The third-order valence-electron chi connectivity index (χ3n) is 5.98. The number of rotatable bonds is 4. The summed E-state index contributed by atoms with van der Waals surface area (Å²) in [7, 11) is 0. The molecule has 0 heterocycles. The normalized spacial score (nSPS) is 17.1. The van der Waals surface area contributed by atoms with Crippen LogP contribution < -0.4 is 10.6 Å². The summed E-state index contributed by atoms with van der Waals surface area (Å²) in [5, 5.41) is 6.52. The van der Waals surface area contributed by atoms with Gasteiger partial charge in [0.2, 0.25) is 0 Å². The van der Waals surface area contributed by atoms with E-state index in [9.17, 15) is 4.79 Å². The van der Waals surface area contributed by atoms with Gasteiger partial charge >= 0.3 is 6.03 Å². The van der Waals surface area contributed by atoms with Crippen LogP contribution >= 0.6 is 0 Å². The summed E-state index contributed by atoms with van der Waals surface area (Å²) in [6, 6.07) is 20.5. The molecule has 29 heavy (non-hydrogen) atoms. The van der Waals surface area contributed by atoms with Gasteiger partial charge in [-0.3, -0.25) is 0 Å². The van der Waals surface area contributed by atoms with Gasteiger partial charge in [-0.25, -0.2) is 4.79 Å². The highest BCUT2D eigenvalue weighted by Gasteiger charge is 2.19. The maximum absolute atomic E-state index is 12.9. The van der Waals surface area contributed by atoms with Crippen molar-refractivity contribution in [1.29, 1.82) is 0 Å². The van der Waals surface area contributed by atoms with Crippen molar-refractivity contribution < 1.29 is 4.79 Å². The Balaban J connectivity index is 1.62. The standard InChI is InChI=1S/C26H36N2O/c29-26(27-24-20-14-6-4-2-1-3-5-7-15-21-24)28-25(22-16-10-8-11-17-22)23-18-12-9-13-19-23/h8-13,16-19,24-25H,1-7,14-15,20-21H2,(H2,27,28,29). The van der Waals surface area contributed by atoms with E-state index in [-0.39, 0.29) is 18.1 Å². The van der Waals surface area contributed by atoms with Crippen LogP contribution in [0.3, 0.4) is 0 Å². The van der Waals surface area contributed by atoms with Gasteiger partial charge in [-0.1, -0.05) is 118 Å². The molecule has 1 saturated carbocycles. The second kappa shape index (κ2) is 12.3. The van der Waals surface area contributed by atoms with Crippen LogP contribution in [0, 0.1) is 0 Å². The number of hydrogen-bond acceptors (Lipinski definition) is 1. The van der Waals surface area contributed by atoms with E-state index >= 15 is 0 Å². The SMILES string of the molecule is O=C(NC1CCCCCCCCCCC1)NC(c1ccccc1)c1ccccc1. The fourth-order valence-electron chi connectivity index (χ4n) is 4.32. The molecule has 3 nitrogen and oxygen atoms in total. The summed E-state index contributed by atoms with van der Waals surface area (Å²) in [5.74, 6) is 0. The molecule has 0 unspecified atom stereocenters. The quantitative estimate of drug-likeness (QED) is 0.594. The topological polar surface area (TPSA) is 41.1 Å². The Kier molecular flexibility index (Phi) is 9.09. The van der Waals surface area contributed by atoms with E-state index < -0.39 is 0 Å². The van der Waals surface area contributed by atoms with Crippen molar-refractivity contribution in [2.24, 2.45) is 0 Å². The number of benzene rings is 2. The van der Waals surface area contributed by atoms with Crippen LogP contribution in [0.4, 0.5) is 4.79 Å². The molecule has 3 heteroatoms. The van der Waals surface area contributed by atoms with Gasteiger partial charge in [-0.2, -0.15) is 0 Å². The number of carbonyl (C=O) groups excluding carboxylic acids is 1. The molecule has 2 amide bonds. The third kappa shape index (κ3) is 7.56. The average molecular weight is 393 g/mol. The molecule has 0 aromatic heterocycles. The van der Waals surface area contributed by atoms with Gasteiger partial charge in [-0.15, -0.1) is 0 Å². The Morgan fingerprint density at radius 3 is 1.52 bits per heavy atom. The van der Waals surface area contributed by atoms with E-state index in [4.69, 9.17) is 0 Å². The zero-order valence-electron chi connectivity index (χ0n) is 17.6. The number of amides is 2. The zero-order valence-corrected chi connectivity index (χ0v) is 17.6. The number of hydrogen-bond donors (Lipinski definition) is 2. The molecule has 1 fully saturated rings. The minimum atomic E-state index is -0.136. The molecule has 0 saturated heterocycles. The van der Waals surface area contributed by atoms with Crippen molar-refractivity contribution >= 4 is 6.03 Å². The third-order valence-corrected chi connectivity index (χ3v) is 5.98. The highest BCUT2D eigenvalue weighted by molar-refractivity contribution is 5.75. The van der Waals surface area contributed by atoms with Gasteiger partial charge in [0.05, 0.1) is 6.04 Å². The molecule has 2 aromatic rings. The smallest absolute Gasteiger partial charge is 0.315 e. The van der Waals surface area contributed by atoms with Crippen molar-refractivity contribution in [3.63, 3.8) is 0 Å². The molecule has 3 rings (SSSR count). The van der Waals surface area contributed by atoms with Crippen LogP contribution in [0.25, 0.3) is 0 Å². The van der Waals surface area contributed by atoms with E-state index in [1.165, 1.54) is 57.8 Å². The van der Waals surface area contributed by atoms with Crippen LogP contribution in [0.5, 0.6) is 0 Å². The maximum Gasteiger partial charge on any atom is 0.315 e. The predicted octanol–water partition coefficient (Wildman–Crippen LogP) is 6.75. The Labute approximate surface area is 176 Å². The average Bonchev–Trinajstić information content (AvgIpc) is 2.75. The van der Waals surface area contributed by atoms with Gasteiger partial charge in [0, 0.05) is 6.04 Å². The summed E-state index contributed by atoms with van der Waals surface area (Å²) in [6.07, 6.45) is 14.0. The molecule has 0 bridgehead atoms. The minimum absolute atomic E-state index is 0.0557. The van der Waals surface area contributed by atoms with E-state index in [0.29, 0.717) is 0 Å². The summed E-state index contributed by atoms with van der Waals surface area (Å²) >= 11 is 0. The Morgan fingerprint density at radius 2 is 1.07 bits per heavy atom. The number of nitrogens with one attached hydrogen (secondary N) is 2. The molecule has 1 aliphatic carbocycles. The molecular formula is C26H36N2O. The highest BCUT2D eigenvalue weighted by atomic mass is 16.2. The molecule has 2 N–H and O–H groups in total. The second-order valence-electron chi connectivity index (χ2n) is 8.33. The number of urea groups is 1. The Morgan fingerprint density at radius 1 is 0.655 bits per heavy atom. The summed E-state index contributed by atoms with van der Waals surface area (Å²) in [5.41, 5.74) is 2.21. The molecule has 156 valence electrons. The largest absolute Gasteiger partial charge is 0.335 e. The predicted molar refractivity (Wildman–Crippen MR) is 121 cm³/mol. The van der Waals surface area contributed by atoms with E-state index in [1.54, 1.807) is 0 Å². The molecule has 2 aromatic carbocycles. The first-order chi connectivity index (χ1) is 14.3. The van der Waals surface area contributed by atoms with Crippen LogP contribution in [0.1, 0.15) is 87.8 Å². The van der Waals surface area contributed by atoms with Gasteiger partial charge in [0.1, 0.15) is 0 Å². The van der Waals surface area contributed by atoms with Crippen molar-refractivity contribution in [3.05, 3.63) is 71.8 Å². The minimum Gasteiger partial charge on any atom is -0.335 e. The molecule has 0 spiro atoms. The lowest BCUT2D eigenvalue weighted by atomic mass is 9.97.